The van der Waals surface area contributed by atoms with E-state index in [1.807, 2.05) is 39.0 Å². The smallest absolute Gasteiger partial charge is 0.407 e. The van der Waals surface area contributed by atoms with Crippen molar-refractivity contribution in [3.05, 3.63) is 35.9 Å². The summed E-state index contributed by atoms with van der Waals surface area (Å²) in [5.74, 6) is 0.341. The second-order valence-electron chi connectivity index (χ2n) is 7.56. The Balaban J connectivity index is 1.94. The fourth-order valence-electron chi connectivity index (χ4n) is 3.20. The molecule has 1 amide bonds. The van der Waals surface area contributed by atoms with Crippen LogP contribution in [-0.2, 0) is 11.3 Å². The van der Waals surface area contributed by atoms with E-state index in [1.54, 1.807) is 0 Å². The van der Waals surface area contributed by atoms with Crippen molar-refractivity contribution in [1.82, 2.24) is 10.2 Å². The first-order valence-corrected chi connectivity index (χ1v) is 8.74. The lowest BCUT2D eigenvalue weighted by Crippen LogP contribution is -2.43. The van der Waals surface area contributed by atoms with Gasteiger partial charge in [0, 0.05) is 32.3 Å². The van der Waals surface area contributed by atoms with Crippen LogP contribution >= 0.6 is 0 Å². The average Bonchev–Trinajstić information content (AvgIpc) is 2.85. The van der Waals surface area contributed by atoms with Gasteiger partial charge in [-0.1, -0.05) is 30.3 Å². The lowest BCUT2D eigenvalue weighted by molar-refractivity contribution is 0.0494. The number of nitrogens with one attached hydrogen (secondary N) is 1. The predicted octanol–water partition coefficient (Wildman–Crippen LogP) is 2.78. The van der Waals surface area contributed by atoms with Crippen molar-refractivity contribution in [2.75, 3.05) is 19.7 Å². The van der Waals surface area contributed by atoms with Crippen LogP contribution in [0, 0.1) is 5.92 Å². The van der Waals surface area contributed by atoms with Crippen LogP contribution in [-0.4, -0.2) is 47.4 Å². The van der Waals surface area contributed by atoms with E-state index < -0.39 is 5.60 Å². The molecule has 0 spiro atoms. The van der Waals surface area contributed by atoms with Gasteiger partial charge in [0.25, 0.3) is 0 Å². The second-order valence-corrected chi connectivity index (χ2v) is 7.56. The van der Waals surface area contributed by atoms with Gasteiger partial charge in [-0.2, -0.15) is 0 Å². The van der Waals surface area contributed by atoms with Crippen LogP contribution < -0.4 is 5.32 Å². The van der Waals surface area contributed by atoms with Crippen molar-refractivity contribution in [3.8, 4) is 0 Å². The SMILES string of the molecule is CC(C)(C)OC(=O)N[C@@H]1CN(Cc2ccccc2)C[C@H]1CCCO. The number of benzene rings is 1. The summed E-state index contributed by atoms with van der Waals surface area (Å²) in [4.78, 5) is 14.5. The summed E-state index contributed by atoms with van der Waals surface area (Å²) in [5, 5.41) is 12.1. The Kier molecular flexibility index (Phi) is 6.63. The van der Waals surface area contributed by atoms with E-state index >= 15 is 0 Å². The van der Waals surface area contributed by atoms with Crippen LogP contribution in [0.3, 0.4) is 0 Å². The van der Waals surface area contributed by atoms with Gasteiger partial charge in [-0.15, -0.1) is 0 Å². The number of rotatable bonds is 6. The fourth-order valence-corrected chi connectivity index (χ4v) is 3.20. The Morgan fingerprint density at radius 3 is 2.62 bits per heavy atom. The van der Waals surface area contributed by atoms with Crippen LogP contribution in [0.15, 0.2) is 30.3 Å². The molecule has 0 saturated carbocycles. The number of hydrogen-bond acceptors (Lipinski definition) is 4. The summed E-state index contributed by atoms with van der Waals surface area (Å²) in [5.41, 5.74) is 0.781. The number of nitrogens with zero attached hydrogens (tertiary/aromatic N) is 1. The molecule has 2 atom stereocenters. The molecule has 1 aliphatic rings. The van der Waals surface area contributed by atoms with Crippen molar-refractivity contribution >= 4 is 6.09 Å². The third-order valence-electron chi connectivity index (χ3n) is 4.20. The van der Waals surface area contributed by atoms with Gasteiger partial charge in [0.05, 0.1) is 0 Å². The zero-order valence-corrected chi connectivity index (χ0v) is 15.0. The molecule has 5 nitrogen and oxygen atoms in total. The zero-order valence-electron chi connectivity index (χ0n) is 15.0. The first-order valence-electron chi connectivity index (χ1n) is 8.74. The van der Waals surface area contributed by atoms with Crippen molar-refractivity contribution in [1.29, 1.82) is 0 Å². The van der Waals surface area contributed by atoms with E-state index in [1.165, 1.54) is 5.56 Å². The van der Waals surface area contributed by atoms with E-state index in [2.05, 4.69) is 22.3 Å². The van der Waals surface area contributed by atoms with Crippen LogP contribution in [0.1, 0.15) is 39.2 Å². The summed E-state index contributed by atoms with van der Waals surface area (Å²) in [6.07, 6.45) is 1.31. The number of hydrogen-bond donors (Lipinski definition) is 2. The molecule has 1 saturated heterocycles. The summed E-state index contributed by atoms with van der Waals surface area (Å²) in [7, 11) is 0. The monoisotopic (exact) mass is 334 g/mol. The number of likely N-dealkylation sites (tertiary alicyclic amines) is 1. The fraction of sp³-hybridized carbons (Fsp3) is 0.632. The highest BCUT2D eigenvalue weighted by atomic mass is 16.6. The van der Waals surface area contributed by atoms with Crippen molar-refractivity contribution in [2.24, 2.45) is 5.92 Å². The van der Waals surface area contributed by atoms with Crippen LogP contribution in [0.25, 0.3) is 0 Å². The van der Waals surface area contributed by atoms with E-state index in [0.717, 1.165) is 32.5 Å². The molecule has 2 N–H and O–H groups in total. The highest BCUT2D eigenvalue weighted by Gasteiger charge is 2.34. The van der Waals surface area contributed by atoms with Crippen LogP contribution in [0.4, 0.5) is 4.79 Å². The Morgan fingerprint density at radius 1 is 1.29 bits per heavy atom. The largest absolute Gasteiger partial charge is 0.444 e. The first-order chi connectivity index (χ1) is 11.4. The molecule has 5 heteroatoms. The van der Waals surface area contributed by atoms with Gasteiger partial charge in [-0.3, -0.25) is 4.90 Å². The average molecular weight is 334 g/mol. The van der Waals surface area contributed by atoms with Crippen molar-refractivity contribution < 1.29 is 14.6 Å². The number of aliphatic hydroxyl groups is 1. The van der Waals surface area contributed by atoms with E-state index in [9.17, 15) is 4.79 Å². The van der Waals surface area contributed by atoms with Crippen molar-refractivity contribution in [3.63, 3.8) is 0 Å². The van der Waals surface area contributed by atoms with E-state index in [0.29, 0.717) is 5.92 Å². The third-order valence-corrected chi connectivity index (χ3v) is 4.20. The number of aliphatic hydroxyl groups excluding tert-OH is 1. The second kappa shape index (κ2) is 8.49. The minimum atomic E-state index is -0.493. The summed E-state index contributed by atoms with van der Waals surface area (Å²) in [6.45, 7) is 8.40. The molecule has 0 aliphatic carbocycles. The molecule has 0 unspecified atom stereocenters. The molecule has 0 aromatic heterocycles. The molecule has 24 heavy (non-hydrogen) atoms. The molecule has 0 bridgehead atoms. The highest BCUT2D eigenvalue weighted by Crippen LogP contribution is 2.24. The Labute approximate surface area is 145 Å². The standard InChI is InChI=1S/C19H30N2O3/c1-19(2,3)24-18(23)20-17-14-21(13-16(17)10-7-11-22)12-15-8-5-4-6-9-15/h4-6,8-9,16-17,22H,7,10-14H2,1-3H3,(H,20,23)/t16-,17-/m1/s1. The number of carbonyl (C=O) groups excluding carboxylic acids is 1. The normalized spacial score (nSPS) is 21.7. The van der Waals surface area contributed by atoms with Crippen LogP contribution in [0.2, 0.25) is 0 Å². The Bertz CT molecular complexity index is 513. The van der Waals surface area contributed by atoms with Gasteiger partial charge in [-0.05, 0) is 45.1 Å². The molecule has 1 aromatic rings. The molecule has 0 radical (unpaired) electrons. The molecule has 1 fully saturated rings. The van der Waals surface area contributed by atoms with Gasteiger partial charge in [0.15, 0.2) is 0 Å². The first kappa shape index (κ1) is 18.7. The maximum atomic E-state index is 12.1. The molecule has 134 valence electrons. The topological polar surface area (TPSA) is 61.8 Å². The molecule has 1 heterocycles. The number of amides is 1. The Hall–Kier alpha value is -1.59. The molecule has 1 aliphatic heterocycles. The minimum absolute atomic E-state index is 0.0649. The van der Waals surface area contributed by atoms with Gasteiger partial charge in [0.2, 0.25) is 0 Å². The highest BCUT2D eigenvalue weighted by molar-refractivity contribution is 5.68. The predicted molar refractivity (Wildman–Crippen MR) is 94.7 cm³/mol. The summed E-state index contributed by atoms with van der Waals surface area (Å²) in [6, 6.07) is 10.4. The minimum Gasteiger partial charge on any atom is -0.444 e. The maximum absolute atomic E-state index is 12.1. The van der Waals surface area contributed by atoms with Crippen molar-refractivity contribution in [2.45, 2.75) is 51.8 Å². The molecular weight excluding hydrogens is 304 g/mol. The Morgan fingerprint density at radius 2 is 2.00 bits per heavy atom. The van der Waals surface area contributed by atoms with Gasteiger partial charge in [-0.25, -0.2) is 4.79 Å². The molecule has 2 rings (SSSR count). The van der Waals surface area contributed by atoms with E-state index in [4.69, 9.17) is 9.84 Å². The molecular formula is C19H30N2O3. The van der Waals surface area contributed by atoms with Gasteiger partial charge >= 0.3 is 6.09 Å². The number of alkyl carbamates (subject to hydrolysis) is 1. The third kappa shape index (κ3) is 6.13. The number of carbonyl (C=O) groups is 1. The quantitative estimate of drug-likeness (QED) is 0.840. The van der Waals surface area contributed by atoms with Gasteiger partial charge in [0.1, 0.15) is 5.60 Å². The van der Waals surface area contributed by atoms with E-state index in [-0.39, 0.29) is 18.7 Å². The number of ether oxygens (including phenoxy) is 1. The molecule has 1 aromatic carbocycles. The lowest BCUT2D eigenvalue weighted by atomic mass is 9.98. The summed E-state index contributed by atoms with van der Waals surface area (Å²) >= 11 is 0. The zero-order chi connectivity index (χ0) is 17.6. The summed E-state index contributed by atoms with van der Waals surface area (Å²) < 4.78 is 5.39. The van der Waals surface area contributed by atoms with Gasteiger partial charge < -0.3 is 15.2 Å². The van der Waals surface area contributed by atoms with Crippen LogP contribution in [0.5, 0.6) is 0 Å². The lowest BCUT2D eigenvalue weighted by Gasteiger charge is -2.24. The maximum Gasteiger partial charge on any atom is 0.407 e.